The molecule has 0 unspecified atom stereocenters. The van der Waals surface area contributed by atoms with Crippen LogP contribution in [0.25, 0.3) is 0 Å². The van der Waals surface area contributed by atoms with Crippen molar-refractivity contribution in [3.63, 3.8) is 0 Å². The Morgan fingerprint density at radius 1 is 1.28 bits per heavy atom. The lowest BCUT2D eigenvalue weighted by Crippen LogP contribution is -2.09. The van der Waals surface area contributed by atoms with Crippen LogP contribution in [0, 0.1) is 20.8 Å². The molecule has 2 aromatic rings. The molecule has 0 radical (unpaired) electrons. The number of aryl methyl sites for hydroxylation is 2. The SMILES string of the molecule is Cc1cc(C)c(C)c(OCCn2ccc(N)n2)c1. The Balaban J connectivity index is 1.98. The van der Waals surface area contributed by atoms with Gasteiger partial charge in [-0.15, -0.1) is 0 Å². The molecule has 0 atom stereocenters. The summed E-state index contributed by atoms with van der Waals surface area (Å²) in [5, 5.41) is 4.11. The van der Waals surface area contributed by atoms with Crippen LogP contribution in [0.15, 0.2) is 24.4 Å². The van der Waals surface area contributed by atoms with Crippen molar-refractivity contribution in [2.75, 3.05) is 12.3 Å². The summed E-state index contributed by atoms with van der Waals surface area (Å²) in [6.07, 6.45) is 1.85. The molecule has 2 N–H and O–H groups in total. The van der Waals surface area contributed by atoms with Crippen LogP contribution >= 0.6 is 0 Å². The quantitative estimate of drug-likeness (QED) is 0.900. The zero-order valence-corrected chi connectivity index (χ0v) is 11.1. The first-order valence-electron chi connectivity index (χ1n) is 6.06. The summed E-state index contributed by atoms with van der Waals surface area (Å²) >= 11 is 0. The molecule has 4 heteroatoms. The third-order valence-corrected chi connectivity index (χ3v) is 3.00. The van der Waals surface area contributed by atoms with Gasteiger partial charge in [-0.3, -0.25) is 4.68 Å². The topological polar surface area (TPSA) is 53.1 Å². The van der Waals surface area contributed by atoms with Crippen molar-refractivity contribution < 1.29 is 4.74 Å². The number of rotatable bonds is 4. The van der Waals surface area contributed by atoms with Crippen molar-refractivity contribution in [3.8, 4) is 5.75 Å². The lowest BCUT2D eigenvalue weighted by molar-refractivity contribution is 0.289. The van der Waals surface area contributed by atoms with Gasteiger partial charge in [0.25, 0.3) is 0 Å². The van der Waals surface area contributed by atoms with Gasteiger partial charge in [0, 0.05) is 6.20 Å². The minimum Gasteiger partial charge on any atom is -0.491 e. The van der Waals surface area contributed by atoms with E-state index in [1.165, 1.54) is 16.7 Å². The molecule has 0 aliphatic heterocycles. The Hall–Kier alpha value is -1.97. The first kappa shape index (κ1) is 12.5. The third-order valence-electron chi connectivity index (χ3n) is 3.00. The summed E-state index contributed by atoms with van der Waals surface area (Å²) < 4.78 is 7.60. The van der Waals surface area contributed by atoms with Gasteiger partial charge >= 0.3 is 0 Å². The van der Waals surface area contributed by atoms with Crippen LogP contribution in [0.2, 0.25) is 0 Å². The number of benzene rings is 1. The fourth-order valence-electron chi connectivity index (χ4n) is 1.90. The molecule has 0 saturated carbocycles. The fourth-order valence-corrected chi connectivity index (χ4v) is 1.90. The molecule has 2 rings (SSSR count). The van der Waals surface area contributed by atoms with Crippen LogP contribution in [0.4, 0.5) is 5.82 Å². The number of aromatic nitrogens is 2. The molecule has 96 valence electrons. The number of nitrogen functional groups attached to an aromatic ring is 1. The van der Waals surface area contributed by atoms with E-state index in [1.54, 1.807) is 10.7 Å². The van der Waals surface area contributed by atoms with Crippen molar-refractivity contribution in [1.82, 2.24) is 9.78 Å². The molecule has 0 aliphatic carbocycles. The minimum atomic E-state index is 0.539. The molecular formula is C14H19N3O. The highest BCUT2D eigenvalue weighted by atomic mass is 16.5. The first-order chi connectivity index (χ1) is 8.56. The van der Waals surface area contributed by atoms with Crippen molar-refractivity contribution in [2.45, 2.75) is 27.3 Å². The highest BCUT2D eigenvalue weighted by Gasteiger charge is 2.04. The molecule has 18 heavy (non-hydrogen) atoms. The van der Waals surface area contributed by atoms with Crippen LogP contribution in [0.1, 0.15) is 16.7 Å². The van der Waals surface area contributed by atoms with E-state index in [0.29, 0.717) is 19.0 Å². The van der Waals surface area contributed by atoms with Gasteiger partial charge in [0.2, 0.25) is 0 Å². The van der Waals surface area contributed by atoms with Crippen LogP contribution in [-0.2, 0) is 6.54 Å². The molecule has 0 fully saturated rings. The standard InChI is InChI=1S/C14H19N3O/c1-10-8-11(2)12(3)13(9-10)18-7-6-17-5-4-14(15)16-17/h4-5,8-9H,6-7H2,1-3H3,(H2,15,16). The minimum absolute atomic E-state index is 0.539. The second kappa shape index (κ2) is 5.12. The maximum absolute atomic E-state index is 5.81. The average molecular weight is 245 g/mol. The van der Waals surface area contributed by atoms with Crippen molar-refractivity contribution in [3.05, 3.63) is 41.1 Å². The summed E-state index contributed by atoms with van der Waals surface area (Å²) in [6.45, 7) is 7.54. The van der Waals surface area contributed by atoms with E-state index in [0.717, 1.165) is 5.75 Å². The van der Waals surface area contributed by atoms with E-state index in [1.807, 2.05) is 6.20 Å². The molecule has 0 bridgehead atoms. The van der Waals surface area contributed by atoms with Gasteiger partial charge in [0.1, 0.15) is 18.2 Å². The third kappa shape index (κ3) is 2.83. The Morgan fingerprint density at radius 3 is 2.72 bits per heavy atom. The lowest BCUT2D eigenvalue weighted by Gasteiger charge is -2.12. The van der Waals surface area contributed by atoms with E-state index in [4.69, 9.17) is 10.5 Å². The molecular weight excluding hydrogens is 226 g/mol. The predicted octanol–water partition coefficient (Wildman–Crippen LogP) is 2.47. The number of nitrogens with two attached hydrogens (primary N) is 1. The molecule has 0 aliphatic rings. The normalized spacial score (nSPS) is 10.6. The van der Waals surface area contributed by atoms with E-state index < -0.39 is 0 Å². The van der Waals surface area contributed by atoms with Crippen LogP contribution < -0.4 is 10.5 Å². The largest absolute Gasteiger partial charge is 0.491 e. The van der Waals surface area contributed by atoms with Crippen LogP contribution in [0.3, 0.4) is 0 Å². The highest BCUT2D eigenvalue weighted by molar-refractivity contribution is 5.41. The maximum Gasteiger partial charge on any atom is 0.145 e. The Morgan fingerprint density at radius 2 is 2.06 bits per heavy atom. The number of hydrogen-bond donors (Lipinski definition) is 1. The molecule has 0 amide bonds. The average Bonchev–Trinajstić information content (AvgIpc) is 2.71. The van der Waals surface area contributed by atoms with Gasteiger partial charge in [-0.25, -0.2) is 0 Å². The van der Waals surface area contributed by atoms with Crippen molar-refractivity contribution in [2.24, 2.45) is 0 Å². The first-order valence-corrected chi connectivity index (χ1v) is 6.06. The monoisotopic (exact) mass is 245 g/mol. The smallest absolute Gasteiger partial charge is 0.145 e. The van der Waals surface area contributed by atoms with E-state index in [2.05, 4.69) is 38.0 Å². The molecule has 1 aromatic heterocycles. The van der Waals surface area contributed by atoms with Gasteiger partial charge in [-0.1, -0.05) is 6.07 Å². The van der Waals surface area contributed by atoms with Crippen molar-refractivity contribution >= 4 is 5.82 Å². The molecule has 1 aromatic carbocycles. The maximum atomic E-state index is 5.81. The number of nitrogens with zero attached hydrogens (tertiary/aromatic N) is 2. The van der Waals surface area contributed by atoms with Gasteiger partial charge in [-0.2, -0.15) is 5.10 Å². The van der Waals surface area contributed by atoms with Crippen LogP contribution in [0.5, 0.6) is 5.75 Å². The molecule has 1 heterocycles. The lowest BCUT2D eigenvalue weighted by atomic mass is 10.1. The van der Waals surface area contributed by atoms with Crippen LogP contribution in [-0.4, -0.2) is 16.4 Å². The number of anilines is 1. The number of hydrogen-bond acceptors (Lipinski definition) is 3. The van der Waals surface area contributed by atoms with Gasteiger partial charge in [-0.05, 0) is 49.6 Å². The van der Waals surface area contributed by atoms with E-state index in [-0.39, 0.29) is 0 Å². The van der Waals surface area contributed by atoms with Gasteiger partial charge < -0.3 is 10.5 Å². The Labute approximate surface area is 107 Å². The zero-order valence-electron chi connectivity index (χ0n) is 11.1. The molecule has 4 nitrogen and oxygen atoms in total. The van der Waals surface area contributed by atoms with Crippen molar-refractivity contribution in [1.29, 1.82) is 0 Å². The zero-order chi connectivity index (χ0) is 13.1. The van der Waals surface area contributed by atoms with E-state index in [9.17, 15) is 0 Å². The fraction of sp³-hybridized carbons (Fsp3) is 0.357. The Bertz CT molecular complexity index is 546. The van der Waals surface area contributed by atoms with Gasteiger partial charge in [0.05, 0.1) is 6.54 Å². The second-order valence-corrected chi connectivity index (χ2v) is 4.56. The summed E-state index contributed by atoms with van der Waals surface area (Å²) in [4.78, 5) is 0. The summed E-state index contributed by atoms with van der Waals surface area (Å²) in [5.41, 5.74) is 9.22. The summed E-state index contributed by atoms with van der Waals surface area (Å²) in [6, 6.07) is 6.01. The number of ether oxygens (including phenoxy) is 1. The van der Waals surface area contributed by atoms with Gasteiger partial charge in [0.15, 0.2) is 0 Å². The molecule has 0 saturated heterocycles. The second-order valence-electron chi connectivity index (χ2n) is 4.56. The summed E-state index contributed by atoms with van der Waals surface area (Å²) in [7, 11) is 0. The summed E-state index contributed by atoms with van der Waals surface area (Å²) in [5.74, 6) is 1.49. The van der Waals surface area contributed by atoms with E-state index >= 15 is 0 Å². The predicted molar refractivity (Wildman–Crippen MR) is 72.8 cm³/mol. The Kier molecular flexibility index (Phi) is 3.55. The molecule has 0 spiro atoms. The highest BCUT2D eigenvalue weighted by Crippen LogP contribution is 2.23.